The van der Waals surface area contributed by atoms with Gasteiger partial charge >= 0.3 is 5.97 Å². The Morgan fingerprint density at radius 3 is 1.62 bits per heavy atom. The average Bonchev–Trinajstić information content (AvgIpc) is 2.49. The normalized spacial score (nSPS) is 13.1. The van der Waals surface area contributed by atoms with Gasteiger partial charge in [-0.2, -0.15) is 8.42 Å². The van der Waals surface area contributed by atoms with E-state index in [1.165, 1.54) is 25.7 Å². The van der Waals surface area contributed by atoms with E-state index in [-0.39, 0.29) is 6.42 Å². The van der Waals surface area contributed by atoms with Crippen molar-refractivity contribution >= 4 is 16.1 Å². The lowest BCUT2D eigenvalue weighted by Crippen LogP contribution is -2.20. The summed E-state index contributed by atoms with van der Waals surface area (Å²) >= 11 is 0. The zero-order chi connectivity index (χ0) is 18.3. The molecule has 0 spiro atoms. The van der Waals surface area contributed by atoms with Crippen molar-refractivity contribution in [3.05, 3.63) is 0 Å². The van der Waals surface area contributed by atoms with Gasteiger partial charge in [0, 0.05) is 6.42 Å². The highest BCUT2D eigenvalue weighted by Crippen LogP contribution is 2.19. The van der Waals surface area contributed by atoms with Crippen molar-refractivity contribution in [3.8, 4) is 0 Å². The molecule has 6 heteroatoms. The molecule has 0 aliphatic heterocycles. The first kappa shape index (κ1) is 23.4. The highest BCUT2D eigenvalue weighted by molar-refractivity contribution is 7.86. The van der Waals surface area contributed by atoms with E-state index in [9.17, 15) is 17.8 Å². The number of unbranched alkanes of at least 4 members (excludes halogenated alkanes) is 10. The van der Waals surface area contributed by atoms with E-state index in [4.69, 9.17) is 5.11 Å². The van der Waals surface area contributed by atoms with Crippen LogP contribution in [0.5, 0.6) is 0 Å². The minimum absolute atomic E-state index is 0.200. The Bertz CT molecular complexity index is 406. The molecule has 0 bridgehead atoms. The van der Waals surface area contributed by atoms with Gasteiger partial charge in [-0.05, 0) is 19.3 Å². The fourth-order valence-corrected chi connectivity index (χ4v) is 3.88. The van der Waals surface area contributed by atoms with E-state index >= 15 is 0 Å². The molecule has 0 saturated carbocycles. The van der Waals surface area contributed by atoms with Crippen LogP contribution >= 0.6 is 0 Å². The van der Waals surface area contributed by atoms with Crippen LogP contribution in [0.1, 0.15) is 103 Å². The predicted molar refractivity (Wildman–Crippen MR) is 97.9 cm³/mol. The van der Waals surface area contributed by atoms with E-state index < -0.39 is 21.3 Å². The molecular formula is C18H36O5S. The van der Waals surface area contributed by atoms with Gasteiger partial charge in [0.15, 0.2) is 0 Å². The molecule has 0 aliphatic rings. The predicted octanol–water partition coefficient (Wildman–Crippen LogP) is 5.20. The number of rotatable bonds is 17. The Morgan fingerprint density at radius 1 is 0.792 bits per heavy atom. The molecule has 2 N–H and O–H groups in total. The number of hydrogen-bond acceptors (Lipinski definition) is 3. The lowest BCUT2D eigenvalue weighted by atomic mass is 10.0. The second-order valence-electron chi connectivity index (χ2n) is 6.75. The van der Waals surface area contributed by atoms with Crippen molar-refractivity contribution in [1.29, 1.82) is 0 Å². The highest BCUT2D eigenvalue weighted by atomic mass is 32.2. The van der Waals surface area contributed by atoms with Gasteiger partial charge in [-0.15, -0.1) is 0 Å². The fraction of sp³-hybridized carbons (Fsp3) is 0.944. The minimum Gasteiger partial charge on any atom is -0.481 e. The summed E-state index contributed by atoms with van der Waals surface area (Å²) in [7, 11) is -3.95. The molecule has 5 nitrogen and oxygen atoms in total. The second kappa shape index (κ2) is 14.7. The molecule has 0 unspecified atom stereocenters. The Kier molecular flexibility index (Phi) is 14.3. The maximum Gasteiger partial charge on any atom is 0.303 e. The van der Waals surface area contributed by atoms with Gasteiger partial charge in [-0.1, -0.05) is 77.6 Å². The van der Waals surface area contributed by atoms with E-state index in [0.717, 1.165) is 44.9 Å². The summed E-state index contributed by atoms with van der Waals surface area (Å²) < 4.78 is 32.3. The van der Waals surface area contributed by atoms with Crippen molar-refractivity contribution in [2.75, 3.05) is 0 Å². The van der Waals surface area contributed by atoms with E-state index in [0.29, 0.717) is 19.3 Å². The standard InChI is InChI=1S/C18H36O5S/c1-2-3-4-5-6-8-11-14-17(24(21,22)23)15-12-9-7-10-13-16-18(19)20/h17H,2-16H2,1H3,(H,19,20)(H,21,22,23)/t17-/m1/s1. The van der Waals surface area contributed by atoms with E-state index in [1.54, 1.807) is 0 Å². The Morgan fingerprint density at radius 2 is 1.21 bits per heavy atom. The molecular weight excluding hydrogens is 328 g/mol. The lowest BCUT2D eigenvalue weighted by molar-refractivity contribution is -0.137. The number of carboxylic acid groups (broad SMARTS) is 1. The molecule has 0 amide bonds. The van der Waals surface area contributed by atoms with Crippen molar-refractivity contribution in [1.82, 2.24) is 0 Å². The molecule has 24 heavy (non-hydrogen) atoms. The Labute approximate surface area is 148 Å². The molecule has 0 rings (SSSR count). The minimum atomic E-state index is -3.95. The van der Waals surface area contributed by atoms with Crippen LogP contribution in [0.3, 0.4) is 0 Å². The van der Waals surface area contributed by atoms with Gasteiger partial charge in [-0.25, -0.2) is 0 Å². The van der Waals surface area contributed by atoms with Gasteiger partial charge in [0.05, 0.1) is 5.25 Å². The van der Waals surface area contributed by atoms with Crippen molar-refractivity contribution in [3.63, 3.8) is 0 Å². The fourth-order valence-electron chi connectivity index (χ4n) is 2.95. The largest absolute Gasteiger partial charge is 0.481 e. The molecule has 0 fully saturated rings. The number of carboxylic acids is 1. The topological polar surface area (TPSA) is 91.7 Å². The molecule has 0 aromatic rings. The highest BCUT2D eigenvalue weighted by Gasteiger charge is 2.21. The van der Waals surface area contributed by atoms with Crippen LogP contribution in [0.25, 0.3) is 0 Å². The summed E-state index contributed by atoms with van der Waals surface area (Å²) in [6.45, 7) is 2.18. The van der Waals surface area contributed by atoms with Gasteiger partial charge in [0.25, 0.3) is 10.1 Å². The summed E-state index contributed by atoms with van der Waals surface area (Å²) in [6.07, 6.45) is 13.4. The van der Waals surface area contributed by atoms with Crippen molar-refractivity contribution in [2.24, 2.45) is 0 Å². The number of aliphatic carboxylic acids is 1. The van der Waals surface area contributed by atoms with Gasteiger partial charge in [0.2, 0.25) is 0 Å². The third-order valence-corrected chi connectivity index (χ3v) is 5.78. The summed E-state index contributed by atoms with van der Waals surface area (Å²) in [6, 6.07) is 0. The van der Waals surface area contributed by atoms with E-state index in [2.05, 4.69) is 6.92 Å². The molecule has 144 valence electrons. The molecule has 0 aliphatic carbocycles. The molecule has 0 radical (unpaired) electrons. The van der Waals surface area contributed by atoms with Gasteiger partial charge in [-0.3, -0.25) is 9.35 Å². The van der Waals surface area contributed by atoms with Crippen LogP contribution in [0.4, 0.5) is 0 Å². The van der Waals surface area contributed by atoms with Crippen LogP contribution in [0.15, 0.2) is 0 Å². The van der Waals surface area contributed by atoms with E-state index in [1.807, 2.05) is 0 Å². The molecule has 0 aromatic heterocycles. The summed E-state index contributed by atoms with van der Waals surface area (Å²) in [5.74, 6) is -0.767. The molecule has 0 saturated heterocycles. The maximum absolute atomic E-state index is 11.5. The maximum atomic E-state index is 11.5. The first-order valence-electron chi connectivity index (χ1n) is 9.56. The zero-order valence-corrected chi connectivity index (χ0v) is 16.0. The number of hydrogen-bond donors (Lipinski definition) is 2. The van der Waals surface area contributed by atoms with Crippen LogP contribution in [-0.4, -0.2) is 29.3 Å². The van der Waals surface area contributed by atoms with Crippen molar-refractivity contribution < 1.29 is 22.9 Å². The summed E-state index contributed by atoms with van der Waals surface area (Å²) in [5, 5.41) is 7.91. The third kappa shape index (κ3) is 14.9. The summed E-state index contributed by atoms with van der Waals surface area (Å²) in [4.78, 5) is 10.4. The van der Waals surface area contributed by atoms with Crippen molar-refractivity contribution in [2.45, 2.75) is 108 Å². The molecule has 0 heterocycles. The van der Waals surface area contributed by atoms with Crippen LogP contribution < -0.4 is 0 Å². The second-order valence-corrected chi connectivity index (χ2v) is 8.44. The smallest absolute Gasteiger partial charge is 0.303 e. The van der Waals surface area contributed by atoms with Crippen LogP contribution in [0.2, 0.25) is 0 Å². The SMILES string of the molecule is CCCCCCCCC[C@H](CCCCCCCC(=O)O)S(=O)(=O)O. The Hall–Kier alpha value is -0.620. The lowest BCUT2D eigenvalue weighted by Gasteiger charge is -2.13. The zero-order valence-electron chi connectivity index (χ0n) is 15.2. The summed E-state index contributed by atoms with van der Waals surface area (Å²) in [5.41, 5.74) is 0. The number of carbonyl (C=O) groups is 1. The van der Waals surface area contributed by atoms with Gasteiger partial charge in [0.1, 0.15) is 0 Å². The first-order valence-corrected chi connectivity index (χ1v) is 11.1. The molecule has 1 atom stereocenters. The molecule has 0 aromatic carbocycles. The first-order chi connectivity index (χ1) is 11.4. The Balaban J connectivity index is 3.77. The monoisotopic (exact) mass is 364 g/mol. The average molecular weight is 365 g/mol. The van der Waals surface area contributed by atoms with Crippen LogP contribution in [0, 0.1) is 0 Å². The third-order valence-electron chi connectivity index (χ3n) is 4.47. The quantitative estimate of drug-likeness (QED) is 0.273. The van der Waals surface area contributed by atoms with Crippen LogP contribution in [-0.2, 0) is 14.9 Å². The van der Waals surface area contributed by atoms with Gasteiger partial charge < -0.3 is 5.11 Å².